The summed E-state index contributed by atoms with van der Waals surface area (Å²) in [6.07, 6.45) is -0.584. The second-order valence-corrected chi connectivity index (χ2v) is 7.26. The number of rotatable bonds is 6. The number of fused-ring (bicyclic) bond motifs is 1. The number of amides is 3. The van der Waals surface area contributed by atoms with Crippen LogP contribution in [0.15, 0.2) is 42.5 Å². The summed E-state index contributed by atoms with van der Waals surface area (Å²) in [5, 5.41) is 5.89. The Kier molecular flexibility index (Phi) is 6.61. The van der Waals surface area contributed by atoms with E-state index < -0.39 is 12.0 Å². The van der Waals surface area contributed by atoms with Gasteiger partial charge in [0, 0.05) is 18.0 Å². The van der Waals surface area contributed by atoms with E-state index in [1.54, 1.807) is 37.3 Å². The third kappa shape index (κ3) is 5.19. The first-order chi connectivity index (χ1) is 13.8. The summed E-state index contributed by atoms with van der Waals surface area (Å²) in [5.41, 5.74) is 0.986. The van der Waals surface area contributed by atoms with Gasteiger partial charge in [-0.15, -0.1) is 0 Å². The SMILES string of the molecule is CC1Oc2ccccc2N(CCC(=O)NCC(=O)Nc2cc(Cl)ccc2Cl)C1=O. The van der Waals surface area contributed by atoms with E-state index >= 15 is 0 Å². The second-order valence-electron chi connectivity index (χ2n) is 6.42. The Balaban J connectivity index is 1.52. The Bertz CT molecular complexity index is 951. The molecular formula is C20H19Cl2N3O4. The van der Waals surface area contributed by atoms with Crippen LogP contribution in [0, 0.1) is 0 Å². The van der Waals surface area contributed by atoms with Crippen molar-refractivity contribution in [2.24, 2.45) is 0 Å². The molecule has 1 aliphatic rings. The van der Waals surface area contributed by atoms with E-state index in [0.717, 1.165) is 0 Å². The zero-order valence-electron chi connectivity index (χ0n) is 15.6. The van der Waals surface area contributed by atoms with Crippen LogP contribution in [-0.2, 0) is 14.4 Å². The van der Waals surface area contributed by atoms with Crippen LogP contribution in [0.2, 0.25) is 10.0 Å². The fraction of sp³-hybridized carbons (Fsp3) is 0.250. The maximum atomic E-state index is 12.4. The van der Waals surface area contributed by atoms with Gasteiger partial charge in [0.05, 0.1) is 22.9 Å². The van der Waals surface area contributed by atoms with Crippen LogP contribution in [0.5, 0.6) is 5.75 Å². The van der Waals surface area contributed by atoms with Gasteiger partial charge in [0.15, 0.2) is 6.10 Å². The van der Waals surface area contributed by atoms with Crippen molar-refractivity contribution in [3.8, 4) is 5.75 Å². The zero-order valence-corrected chi connectivity index (χ0v) is 17.1. The summed E-state index contributed by atoms with van der Waals surface area (Å²) in [6, 6.07) is 11.8. The Morgan fingerprint density at radius 1 is 1.14 bits per heavy atom. The number of halogens is 2. The average molecular weight is 436 g/mol. The molecule has 0 bridgehead atoms. The van der Waals surface area contributed by atoms with Gasteiger partial charge in [-0.05, 0) is 37.3 Å². The summed E-state index contributed by atoms with van der Waals surface area (Å²) in [7, 11) is 0. The molecule has 3 amide bonds. The average Bonchev–Trinajstić information content (AvgIpc) is 2.69. The van der Waals surface area contributed by atoms with Crippen LogP contribution in [0.25, 0.3) is 0 Å². The van der Waals surface area contributed by atoms with Gasteiger partial charge < -0.3 is 20.3 Å². The molecule has 0 spiro atoms. The molecule has 9 heteroatoms. The first-order valence-corrected chi connectivity index (χ1v) is 9.69. The number of hydrogen-bond acceptors (Lipinski definition) is 4. The molecule has 2 N–H and O–H groups in total. The van der Waals surface area contributed by atoms with Crippen LogP contribution >= 0.6 is 23.2 Å². The Morgan fingerprint density at radius 3 is 2.69 bits per heavy atom. The lowest BCUT2D eigenvalue weighted by Crippen LogP contribution is -2.46. The number of para-hydroxylation sites is 2. The molecule has 1 unspecified atom stereocenters. The Hall–Kier alpha value is -2.77. The number of carbonyl (C=O) groups excluding carboxylic acids is 3. The molecule has 1 aliphatic heterocycles. The topological polar surface area (TPSA) is 87.7 Å². The van der Waals surface area contributed by atoms with E-state index in [1.807, 2.05) is 6.07 Å². The number of carbonyl (C=O) groups is 3. The highest BCUT2D eigenvalue weighted by Crippen LogP contribution is 2.33. The molecule has 0 aliphatic carbocycles. The minimum Gasteiger partial charge on any atom is -0.479 e. The molecule has 0 saturated heterocycles. The van der Waals surface area contributed by atoms with Crippen LogP contribution in [0.4, 0.5) is 11.4 Å². The van der Waals surface area contributed by atoms with Gasteiger partial charge in [-0.3, -0.25) is 14.4 Å². The predicted octanol–water partition coefficient (Wildman–Crippen LogP) is 3.25. The standard InChI is InChI=1S/C20H19Cl2N3O4/c1-12-20(28)25(16-4-2-3-5-17(16)29-12)9-8-18(26)23-11-19(27)24-15-10-13(21)6-7-14(15)22/h2-7,10,12H,8-9,11H2,1H3,(H,23,26)(H,24,27). The lowest BCUT2D eigenvalue weighted by atomic mass is 10.1. The third-order valence-electron chi connectivity index (χ3n) is 4.28. The molecule has 0 saturated carbocycles. The zero-order chi connectivity index (χ0) is 21.0. The van der Waals surface area contributed by atoms with Crippen LogP contribution in [-0.4, -0.2) is 36.9 Å². The van der Waals surface area contributed by atoms with Gasteiger partial charge >= 0.3 is 0 Å². The van der Waals surface area contributed by atoms with Crippen LogP contribution in [0.1, 0.15) is 13.3 Å². The second kappa shape index (κ2) is 9.15. The number of anilines is 2. The lowest BCUT2D eigenvalue weighted by molar-refractivity contribution is -0.126. The molecule has 1 heterocycles. The number of nitrogens with zero attached hydrogens (tertiary/aromatic N) is 1. The molecule has 152 valence electrons. The van der Waals surface area contributed by atoms with E-state index in [1.165, 1.54) is 11.0 Å². The van der Waals surface area contributed by atoms with E-state index in [-0.39, 0.29) is 31.3 Å². The largest absolute Gasteiger partial charge is 0.479 e. The number of nitrogens with one attached hydrogen (secondary N) is 2. The molecule has 29 heavy (non-hydrogen) atoms. The Morgan fingerprint density at radius 2 is 1.90 bits per heavy atom. The first kappa shape index (κ1) is 21.0. The van der Waals surface area contributed by atoms with Gasteiger partial charge in [-0.25, -0.2) is 0 Å². The van der Waals surface area contributed by atoms with E-state index in [0.29, 0.717) is 27.2 Å². The van der Waals surface area contributed by atoms with E-state index in [4.69, 9.17) is 27.9 Å². The highest BCUT2D eigenvalue weighted by molar-refractivity contribution is 6.35. The fourth-order valence-corrected chi connectivity index (χ4v) is 3.19. The number of ether oxygens (including phenoxy) is 1. The fourth-order valence-electron chi connectivity index (χ4n) is 2.86. The minimum atomic E-state index is -0.624. The monoisotopic (exact) mass is 435 g/mol. The van der Waals surface area contributed by atoms with Crippen molar-refractivity contribution >= 4 is 52.3 Å². The molecular weight excluding hydrogens is 417 g/mol. The number of benzene rings is 2. The highest BCUT2D eigenvalue weighted by Gasteiger charge is 2.31. The smallest absolute Gasteiger partial charge is 0.267 e. The molecule has 2 aromatic rings. The summed E-state index contributed by atoms with van der Waals surface area (Å²) >= 11 is 11.9. The van der Waals surface area contributed by atoms with Gasteiger partial charge in [0.1, 0.15) is 5.75 Å². The summed E-state index contributed by atoms with van der Waals surface area (Å²) < 4.78 is 5.57. The third-order valence-corrected chi connectivity index (χ3v) is 4.85. The normalized spacial score (nSPS) is 15.3. The number of hydrogen-bond donors (Lipinski definition) is 2. The minimum absolute atomic E-state index is 0.0397. The Labute approximate surface area is 177 Å². The van der Waals surface area contributed by atoms with Crippen molar-refractivity contribution in [3.63, 3.8) is 0 Å². The molecule has 2 aromatic carbocycles. The summed E-state index contributed by atoms with van der Waals surface area (Å²) in [6.45, 7) is 1.61. The molecule has 7 nitrogen and oxygen atoms in total. The van der Waals surface area contributed by atoms with Crippen LogP contribution < -0.4 is 20.3 Å². The lowest BCUT2D eigenvalue weighted by Gasteiger charge is -2.32. The molecule has 3 rings (SSSR count). The molecule has 0 radical (unpaired) electrons. The summed E-state index contributed by atoms with van der Waals surface area (Å²) in [4.78, 5) is 38.1. The van der Waals surface area contributed by atoms with Gasteiger partial charge in [0.25, 0.3) is 5.91 Å². The van der Waals surface area contributed by atoms with E-state index in [9.17, 15) is 14.4 Å². The first-order valence-electron chi connectivity index (χ1n) is 8.94. The van der Waals surface area contributed by atoms with Crippen molar-refractivity contribution in [3.05, 3.63) is 52.5 Å². The maximum absolute atomic E-state index is 12.4. The predicted molar refractivity (Wildman–Crippen MR) is 112 cm³/mol. The molecule has 0 fully saturated rings. The van der Waals surface area contributed by atoms with Crippen molar-refractivity contribution in [2.45, 2.75) is 19.4 Å². The van der Waals surface area contributed by atoms with Gasteiger partial charge in [-0.1, -0.05) is 35.3 Å². The van der Waals surface area contributed by atoms with Crippen molar-refractivity contribution < 1.29 is 19.1 Å². The van der Waals surface area contributed by atoms with Gasteiger partial charge in [-0.2, -0.15) is 0 Å². The van der Waals surface area contributed by atoms with Crippen molar-refractivity contribution in [1.82, 2.24) is 5.32 Å². The van der Waals surface area contributed by atoms with Crippen molar-refractivity contribution in [2.75, 3.05) is 23.3 Å². The van der Waals surface area contributed by atoms with E-state index in [2.05, 4.69) is 10.6 Å². The quantitative estimate of drug-likeness (QED) is 0.728. The summed E-state index contributed by atoms with van der Waals surface area (Å²) in [5.74, 6) is -0.423. The molecule has 0 aromatic heterocycles. The molecule has 1 atom stereocenters. The van der Waals surface area contributed by atoms with Crippen molar-refractivity contribution in [1.29, 1.82) is 0 Å². The highest BCUT2D eigenvalue weighted by atomic mass is 35.5. The maximum Gasteiger partial charge on any atom is 0.267 e. The van der Waals surface area contributed by atoms with Gasteiger partial charge in [0.2, 0.25) is 11.8 Å². The van der Waals surface area contributed by atoms with Crippen LogP contribution in [0.3, 0.4) is 0 Å².